The van der Waals surface area contributed by atoms with Crippen LogP contribution in [-0.4, -0.2) is 71.6 Å². The molecule has 2 N–H and O–H groups in total. The summed E-state index contributed by atoms with van der Waals surface area (Å²) >= 11 is 12.7. The zero-order chi connectivity index (χ0) is 43.0. The minimum absolute atomic E-state index is 0.0533. The van der Waals surface area contributed by atoms with Crippen molar-refractivity contribution in [2.75, 3.05) is 48.1 Å². The van der Waals surface area contributed by atoms with Crippen molar-refractivity contribution in [2.24, 2.45) is 23.7 Å². The fourth-order valence-electron chi connectivity index (χ4n) is 10.0. The van der Waals surface area contributed by atoms with E-state index in [9.17, 15) is 27.9 Å². The maximum absolute atomic E-state index is 15.5. The Labute approximate surface area is 357 Å². The van der Waals surface area contributed by atoms with Crippen LogP contribution in [0.3, 0.4) is 0 Å². The highest BCUT2D eigenvalue weighted by atomic mass is 35.5. The van der Waals surface area contributed by atoms with Gasteiger partial charge in [0.05, 0.1) is 59.3 Å². The van der Waals surface area contributed by atoms with Crippen LogP contribution in [0.4, 0.5) is 30.4 Å². The lowest BCUT2D eigenvalue weighted by Crippen LogP contribution is -2.53. The van der Waals surface area contributed by atoms with Crippen LogP contribution < -0.4 is 20.0 Å². The van der Waals surface area contributed by atoms with E-state index < -0.39 is 69.5 Å². The molecular formula is C44H38Cl2F3N5O7. The van der Waals surface area contributed by atoms with E-state index in [0.29, 0.717) is 66.0 Å². The van der Waals surface area contributed by atoms with Crippen LogP contribution in [0, 0.1) is 23.7 Å². The Morgan fingerprint density at radius 2 is 1.62 bits per heavy atom. The van der Waals surface area contributed by atoms with Crippen molar-refractivity contribution in [3.8, 4) is 11.5 Å². The second-order valence-corrected chi connectivity index (χ2v) is 16.6. The minimum Gasteiger partial charge on any atom is -0.504 e. The van der Waals surface area contributed by atoms with Crippen LogP contribution in [-0.2, 0) is 35.5 Å². The molecule has 1 saturated carbocycles. The van der Waals surface area contributed by atoms with E-state index in [1.165, 1.54) is 11.0 Å². The molecule has 17 heteroatoms. The molecule has 1 aromatic heterocycles. The molecule has 9 rings (SSSR count). The van der Waals surface area contributed by atoms with E-state index >= 15 is 9.59 Å². The number of imide groups is 2. The van der Waals surface area contributed by atoms with Gasteiger partial charge >= 0.3 is 6.18 Å². The lowest BCUT2D eigenvalue weighted by Gasteiger charge is -2.50. The summed E-state index contributed by atoms with van der Waals surface area (Å²) in [6, 6.07) is 19.0. The number of rotatable bonds is 8. The van der Waals surface area contributed by atoms with Gasteiger partial charge in [-0.15, -0.1) is 0 Å². The Balaban J connectivity index is 1.17. The Morgan fingerprint density at radius 3 is 2.30 bits per heavy atom. The van der Waals surface area contributed by atoms with Gasteiger partial charge in [0.25, 0.3) is 11.8 Å². The number of hydrogen-bond acceptors (Lipinski definition) is 10. The van der Waals surface area contributed by atoms with Gasteiger partial charge in [-0.25, -0.2) is 4.98 Å². The van der Waals surface area contributed by atoms with Gasteiger partial charge in [0.2, 0.25) is 11.8 Å². The number of hydrogen-bond donors (Lipinski definition) is 2. The first-order valence-corrected chi connectivity index (χ1v) is 20.6. The smallest absolute Gasteiger partial charge is 0.417 e. The fraction of sp³-hybridized carbons (Fsp3) is 0.341. The van der Waals surface area contributed by atoms with Crippen LogP contribution in [0.15, 0.2) is 90.6 Å². The number of phenolic OH excluding ortho intramolecular Hbond substituents is 1. The van der Waals surface area contributed by atoms with E-state index in [-0.39, 0.29) is 42.7 Å². The van der Waals surface area contributed by atoms with Gasteiger partial charge in [0.15, 0.2) is 17.3 Å². The summed E-state index contributed by atoms with van der Waals surface area (Å²) in [6.07, 6.45) is -2.23. The van der Waals surface area contributed by atoms with Crippen molar-refractivity contribution < 1.29 is 46.9 Å². The molecule has 6 atom stereocenters. The van der Waals surface area contributed by atoms with Crippen molar-refractivity contribution in [2.45, 2.75) is 37.3 Å². The first kappa shape index (κ1) is 40.7. The van der Waals surface area contributed by atoms with Gasteiger partial charge in [-0.1, -0.05) is 53.1 Å². The highest BCUT2D eigenvalue weighted by Gasteiger charge is 2.70. The van der Waals surface area contributed by atoms with Crippen LogP contribution in [0.25, 0.3) is 0 Å². The predicted molar refractivity (Wildman–Crippen MR) is 218 cm³/mol. The molecule has 61 heavy (non-hydrogen) atoms. The molecular weight excluding hydrogens is 838 g/mol. The van der Waals surface area contributed by atoms with Crippen molar-refractivity contribution >= 4 is 64.0 Å². The number of carbonyl (C=O) groups excluding carboxylic acids is 4. The first-order valence-electron chi connectivity index (χ1n) is 19.8. The second-order valence-electron chi connectivity index (χ2n) is 15.7. The van der Waals surface area contributed by atoms with Crippen LogP contribution in [0.5, 0.6) is 11.5 Å². The third-order valence-electron chi connectivity index (χ3n) is 12.7. The Bertz CT molecular complexity index is 2480. The quantitative estimate of drug-likeness (QED) is 0.135. The number of carbonyl (C=O) groups is 4. The summed E-state index contributed by atoms with van der Waals surface area (Å²) in [5.74, 6) is -7.35. The SMILES string of the molecule is CCOc1cc(C2C3=CCC4C(=O)N(c5ccc(N6CCOCC6)cc5)C(=O)C4C3CC3C(=O)N(Nc4ncc(C(F)(F)F)cc4Cl)C(=O)C32c2ccc(Cl)cc2)ccc1O. The van der Waals surface area contributed by atoms with Crippen LogP contribution in [0.2, 0.25) is 10.0 Å². The molecule has 2 aliphatic carbocycles. The fourth-order valence-corrected chi connectivity index (χ4v) is 10.4. The number of aromatic nitrogens is 1. The number of phenols is 1. The third-order valence-corrected chi connectivity index (χ3v) is 13.2. The van der Waals surface area contributed by atoms with Crippen LogP contribution in [0.1, 0.15) is 42.4 Å². The van der Waals surface area contributed by atoms with E-state index in [0.717, 1.165) is 10.7 Å². The number of fused-ring (bicyclic) bond motifs is 4. The maximum atomic E-state index is 15.5. The molecule has 4 heterocycles. The van der Waals surface area contributed by atoms with E-state index in [1.807, 2.05) is 18.2 Å². The standard InChI is InChI=1S/C44H38Cl2F3N5O7/c1-2-61-35-19-23(3-14-34(35)55)37-29-12-13-30-36(41(58)53(39(30)56)28-10-8-27(9-11-28)52-15-17-60-18-16-52)31(29)21-32-40(57)54(42(59)43(32,37)24-4-6-26(45)7-5-24)51-38-33(46)20-25(22-50-38)44(47,48)49/h3-12,14,19-20,22,30-32,36-37,55H,2,13,15-18,21H2,1H3,(H,50,51). The molecule has 316 valence electrons. The molecule has 3 aliphatic heterocycles. The van der Waals surface area contributed by atoms with E-state index in [2.05, 4.69) is 15.3 Å². The number of ether oxygens (including phenoxy) is 2. The molecule has 0 bridgehead atoms. The Morgan fingerprint density at radius 1 is 0.918 bits per heavy atom. The molecule has 6 unspecified atom stereocenters. The van der Waals surface area contributed by atoms with Crippen molar-refractivity contribution in [1.29, 1.82) is 0 Å². The Hall–Kier alpha value is -5.64. The van der Waals surface area contributed by atoms with Gasteiger partial charge in [-0.2, -0.15) is 18.2 Å². The number of halogens is 5. The molecule has 5 aliphatic rings. The largest absolute Gasteiger partial charge is 0.504 e. The van der Waals surface area contributed by atoms with Gasteiger partial charge < -0.3 is 19.5 Å². The van der Waals surface area contributed by atoms with E-state index in [4.69, 9.17) is 32.7 Å². The number of nitrogens with one attached hydrogen (secondary N) is 1. The number of pyridine rings is 1. The highest BCUT2D eigenvalue weighted by Crippen LogP contribution is 2.64. The van der Waals surface area contributed by atoms with Gasteiger partial charge in [0, 0.05) is 35.9 Å². The average molecular weight is 877 g/mol. The molecule has 12 nitrogen and oxygen atoms in total. The molecule has 4 fully saturated rings. The molecule has 4 amide bonds. The average Bonchev–Trinajstić information content (AvgIpc) is 3.63. The van der Waals surface area contributed by atoms with Crippen molar-refractivity contribution in [3.63, 3.8) is 0 Å². The number of nitrogens with zero attached hydrogens (tertiary/aromatic N) is 4. The topological polar surface area (TPSA) is 142 Å². The van der Waals surface area contributed by atoms with Gasteiger partial charge in [-0.3, -0.25) is 29.5 Å². The number of alkyl halides is 3. The van der Waals surface area contributed by atoms with E-state index in [1.54, 1.807) is 55.5 Å². The summed E-state index contributed by atoms with van der Waals surface area (Å²) in [5, 5.41) is 11.4. The summed E-state index contributed by atoms with van der Waals surface area (Å²) in [7, 11) is 0. The molecule has 0 spiro atoms. The first-order chi connectivity index (χ1) is 29.2. The van der Waals surface area contributed by atoms with Crippen LogP contribution >= 0.6 is 23.2 Å². The molecule has 0 radical (unpaired) electrons. The zero-order valence-electron chi connectivity index (χ0n) is 32.5. The summed E-state index contributed by atoms with van der Waals surface area (Å²) in [5.41, 5.74) is 2.59. The minimum atomic E-state index is -4.76. The molecule has 4 aromatic rings. The second kappa shape index (κ2) is 15.4. The summed E-state index contributed by atoms with van der Waals surface area (Å²) in [6.45, 7) is 4.52. The summed E-state index contributed by atoms with van der Waals surface area (Å²) < 4.78 is 52.0. The number of amides is 4. The molecule has 3 aromatic carbocycles. The third kappa shape index (κ3) is 6.59. The van der Waals surface area contributed by atoms with Gasteiger partial charge in [-0.05, 0) is 91.4 Å². The number of morpholine rings is 1. The number of benzene rings is 3. The van der Waals surface area contributed by atoms with Crippen molar-refractivity contribution in [3.05, 3.63) is 117 Å². The normalized spacial score (nSPS) is 26.2. The number of aromatic hydroxyl groups is 1. The zero-order valence-corrected chi connectivity index (χ0v) is 34.0. The summed E-state index contributed by atoms with van der Waals surface area (Å²) in [4.78, 5) is 66.8. The van der Waals surface area contributed by atoms with Gasteiger partial charge in [0.1, 0.15) is 0 Å². The van der Waals surface area contributed by atoms with Crippen molar-refractivity contribution in [1.82, 2.24) is 9.99 Å². The number of allylic oxidation sites excluding steroid dienone is 2. The lowest BCUT2D eigenvalue weighted by molar-refractivity contribution is -0.139. The maximum Gasteiger partial charge on any atom is 0.417 e. The highest BCUT2D eigenvalue weighted by molar-refractivity contribution is 6.33. The number of anilines is 3. The predicted octanol–water partition coefficient (Wildman–Crippen LogP) is 7.54. The lowest BCUT2D eigenvalue weighted by atomic mass is 9.49. The molecule has 3 saturated heterocycles. The Kier molecular flexibility index (Phi) is 10.3. The number of hydrazine groups is 1. The monoisotopic (exact) mass is 875 g/mol.